The fraction of sp³-hybridized carbons (Fsp3) is 0.800. The van der Waals surface area contributed by atoms with Crippen LogP contribution in [0, 0.1) is 12.3 Å². The Labute approximate surface area is 92.2 Å². The zero-order chi connectivity index (χ0) is 11.3. The van der Waals surface area contributed by atoms with Crippen molar-refractivity contribution in [2.24, 2.45) is 0 Å². The molecule has 1 saturated heterocycles. The second-order valence-electron chi connectivity index (χ2n) is 3.74. The highest BCUT2D eigenvalue weighted by Crippen LogP contribution is 2.12. The molecule has 15 heavy (non-hydrogen) atoms. The van der Waals surface area contributed by atoms with Gasteiger partial charge in [-0.2, -0.15) is 17.4 Å². The monoisotopic (exact) mass is 230 g/mol. The number of hydrogen-bond donors (Lipinski definition) is 1. The molecule has 0 aromatic heterocycles. The van der Waals surface area contributed by atoms with Crippen LogP contribution in [-0.2, 0) is 10.2 Å². The van der Waals surface area contributed by atoms with Gasteiger partial charge in [-0.05, 0) is 19.3 Å². The Morgan fingerprint density at radius 3 is 2.53 bits per heavy atom. The summed E-state index contributed by atoms with van der Waals surface area (Å²) in [6.07, 6.45) is 8.71. The zero-order valence-electron chi connectivity index (χ0n) is 9.07. The lowest BCUT2D eigenvalue weighted by molar-refractivity contribution is 0.457. The summed E-state index contributed by atoms with van der Waals surface area (Å²) in [5.41, 5.74) is 0. The number of nitrogens with one attached hydrogen (secondary N) is 1. The molecule has 1 N–H and O–H groups in total. The van der Waals surface area contributed by atoms with Crippen molar-refractivity contribution in [1.82, 2.24) is 9.03 Å². The van der Waals surface area contributed by atoms with E-state index < -0.39 is 10.2 Å². The first-order valence-electron chi connectivity index (χ1n) is 5.33. The molecule has 0 bridgehead atoms. The van der Waals surface area contributed by atoms with E-state index in [0.29, 0.717) is 19.5 Å². The summed E-state index contributed by atoms with van der Waals surface area (Å²) >= 11 is 0. The molecular formula is C10H18N2O2S. The zero-order valence-corrected chi connectivity index (χ0v) is 9.89. The Hall–Kier alpha value is -0.570. The summed E-state index contributed by atoms with van der Waals surface area (Å²) in [5, 5.41) is 0. The van der Waals surface area contributed by atoms with Crippen molar-refractivity contribution in [2.75, 3.05) is 13.1 Å². The topological polar surface area (TPSA) is 49.4 Å². The third kappa shape index (κ3) is 3.49. The number of rotatable bonds is 5. The van der Waals surface area contributed by atoms with Gasteiger partial charge in [0.2, 0.25) is 0 Å². The Bertz CT molecular complexity index is 326. The van der Waals surface area contributed by atoms with Crippen molar-refractivity contribution in [3.63, 3.8) is 0 Å². The van der Waals surface area contributed by atoms with Gasteiger partial charge in [0.05, 0.1) is 6.04 Å². The largest absolute Gasteiger partial charge is 0.280 e. The SMILES string of the molecule is C#CC(CCC)NS(=O)(=O)N1CCCC1. The molecule has 1 rings (SSSR count). The lowest BCUT2D eigenvalue weighted by Crippen LogP contribution is -2.43. The summed E-state index contributed by atoms with van der Waals surface area (Å²) in [6.45, 7) is 3.20. The minimum Gasteiger partial charge on any atom is -0.195 e. The van der Waals surface area contributed by atoms with Crippen molar-refractivity contribution < 1.29 is 8.42 Å². The third-order valence-corrected chi connectivity index (χ3v) is 4.10. The Balaban J connectivity index is 2.58. The van der Waals surface area contributed by atoms with E-state index >= 15 is 0 Å². The van der Waals surface area contributed by atoms with Crippen molar-refractivity contribution in [3.8, 4) is 12.3 Å². The van der Waals surface area contributed by atoms with Crippen LogP contribution in [0.15, 0.2) is 0 Å². The molecule has 1 unspecified atom stereocenters. The highest BCUT2D eigenvalue weighted by atomic mass is 32.2. The molecule has 1 aliphatic heterocycles. The van der Waals surface area contributed by atoms with E-state index in [0.717, 1.165) is 19.3 Å². The lowest BCUT2D eigenvalue weighted by atomic mass is 10.2. The van der Waals surface area contributed by atoms with Crippen LogP contribution in [0.4, 0.5) is 0 Å². The predicted molar refractivity (Wildman–Crippen MR) is 60.4 cm³/mol. The van der Waals surface area contributed by atoms with Gasteiger partial charge in [-0.25, -0.2) is 0 Å². The molecule has 0 radical (unpaired) electrons. The number of nitrogens with zero attached hydrogens (tertiary/aromatic N) is 1. The van der Waals surface area contributed by atoms with E-state index in [-0.39, 0.29) is 6.04 Å². The summed E-state index contributed by atoms with van der Waals surface area (Å²) in [5.74, 6) is 2.47. The van der Waals surface area contributed by atoms with Crippen LogP contribution in [0.3, 0.4) is 0 Å². The molecule has 1 heterocycles. The van der Waals surface area contributed by atoms with Crippen LogP contribution < -0.4 is 4.72 Å². The number of hydrogen-bond acceptors (Lipinski definition) is 2. The summed E-state index contributed by atoms with van der Waals surface area (Å²) in [7, 11) is -3.35. The predicted octanol–water partition coefficient (Wildman–Crippen LogP) is 0.718. The van der Waals surface area contributed by atoms with E-state index in [1.807, 2.05) is 6.92 Å². The van der Waals surface area contributed by atoms with Crippen LogP contribution in [0.2, 0.25) is 0 Å². The minimum atomic E-state index is -3.35. The summed E-state index contributed by atoms with van der Waals surface area (Å²) in [4.78, 5) is 0. The van der Waals surface area contributed by atoms with Gasteiger partial charge in [0.1, 0.15) is 0 Å². The van der Waals surface area contributed by atoms with E-state index in [4.69, 9.17) is 6.42 Å². The first-order valence-corrected chi connectivity index (χ1v) is 6.77. The molecule has 5 heteroatoms. The molecule has 1 aliphatic rings. The van der Waals surface area contributed by atoms with Crippen molar-refractivity contribution in [1.29, 1.82) is 0 Å². The average molecular weight is 230 g/mol. The van der Waals surface area contributed by atoms with Gasteiger partial charge in [-0.15, -0.1) is 6.42 Å². The van der Waals surface area contributed by atoms with Crippen LogP contribution in [0.1, 0.15) is 32.6 Å². The summed E-state index contributed by atoms with van der Waals surface area (Å²) in [6, 6.07) is -0.374. The van der Waals surface area contributed by atoms with Crippen LogP contribution >= 0.6 is 0 Å². The van der Waals surface area contributed by atoms with Crippen molar-refractivity contribution in [2.45, 2.75) is 38.6 Å². The van der Waals surface area contributed by atoms with Crippen LogP contribution in [0.5, 0.6) is 0 Å². The molecule has 0 saturated carbocycles. The molecule has 0 aliphatic carbocycles. The molecular weight excluding hydrogens is 212 g/mol. The van der Waals surface area contributed by atoms with Gasteiger partial charge in [0.25, 0.3) is 10.2 Å². The standard InChI is InChI=1S/C10H18N2O2S/c1-3-7-10(4-2)11-15(13,14)12-8-5-6-9-12/h2,10-11H,3,5-9H2,1H3. The summed E-state index contributed by atoms with van der Waals surface area (Å²) < 4.78 is 27.6. The maximum atomic E-state index is 11.8. The number of terminal acetylenes is 1. The van der Waals surface area contributed by atoms with Gasteiger partial charge in [0.15, 0.2) is 0 Å². The Kier molecular flexibility index (Phi) is 4.58. The third-order valence-electron chi connectivity index (χ3n) is 2.47. The Morgan fingerprint density at radius 1 is 1.47 bits per heavy atom. The van der Waals surface area contributed by atoms with Gasteiger partial charge in [-0.1, -0.05) is 19.3 Å². The molecule has 4 nitrogen and oxygen atoms in total. The van der Waals surface area contributed by atoms with Gasteiger partial charge >= 0.3 is 0 Å². The van der Waals surface area contributed by atoms with Gasteiger partial charge in [0, 0.05) is 13.1 Å². The second-order valence-corrected chi connectivity index (χ2v) is 5.44. The maximum Gasteiger partial charge on any atom is 0.280 e. The van der Waals surface area contributed by atoms with Crippen molar-refractivity contribution >= 4 is 10.2 Å². The highest BCUT2D eigenvalue weighted by molar-refractivity contribution is 7.87. The smallest absolute Gasteiger partial charge is 0.195 e. The van der Waals surface area contributed by atoms with Crippen molar-refractivity contribution in [3.05, 3.63) is 0 Å². The van der Waals surface area contributed by atoms with Gasteiger partial charge < -0.3 is 0 Å². The van der Waals surface area contributed by atoms with E-state index in [9.17, 15) is 8.42 Å². The molecule has 0 aromatic rings. The molecule has 1 atom stereocenters. The molecule has 0 aromatic carbocycles. The second kappa shape index (κ2) is 5.50. The van der Waals surface area contributed by atoms with E-state index in [1.165, 1.54) is 4.31 Å². The fourth-order valence-electron chi connectivity index (χ4n) is 1.65. The molecule has 0 spiro atoms. The van der Waals surface area contributed by atoms with Crippen LogP contribution in [0.25, 0.3) is 0 Å². The first-order chi connectivity index (χ1) is 7.10. The normalized spacial score (nSPS) is 20.0. The van der Waals surface area contributed by atoms with E-state index in [2.05, 4.69) is 10.6 Å². The van der Waals surface area contributed by atoms with Gasteiger partial charge in [-0.3, -0.25) is 0 Å². The minimum absolute atomic E-state index is 0.374. The molecule has 0 amide bonds. The first kappa shape index (κ1) is 12.5. The average Bonchev–Trinajstić information content (AvgIpc) is 2.70. The Morgan fingerprint density at radius 2 is 2.07 bits per heavy atom. The molecule has 86 valence electrons. The lowest BCUT2D eigenvalue weighted by Gasteiger charge is -2.19. The molecule has 1 fully saturated rings. The fourth-order valence-corrected chi connectivity index (χ4v) is 3.08. The quantitative estimate of drug-likeness (QED) is 0.707. The van der Waals surface area contributed by atoms with E-state index in [1.54, 1.807) is 0 Å². The van der Waals surface area contributed by atoms with Crippen LogP contribution in [-0.4, -0.2) is 31.9 Å². The maximum absolute atomic E-state index is 11.8. The highest BCUT2D eigenvalue weighted by Gasteiger charge is 2.26.